The number of anilines is 1. The molecule has 1 aromatic carbocycles. The van der Waals surface area contributed by atoms with Crippen molar-refractivity contribution in [1.29, 1.82) is 0 Å². The number of hydrogen-bond donors (Lipinski definition) is 3. The van der Waals surface area contributed by atoms with Gasteiger partial charge >= 0.3 is 5.97 Å². The molecule has 14 nitrogen and oxygen atoms in total. The SMILES string of the molecule is Cc1ccc(-c2nn[nH]c2-c2nc(NC3CCOC3)c3ncn([C@@H]4O[C@H](C(=O)O)[C@@H]5OC(C)(C)O[C@H]54)c3n2)cc1. The summed E-state index contributed by atoms with van der Waals surface area (Å²) in [5.74, 6) is -1.26. The number of carbonyl (C=O) groups is 1. The van der Waals surface area contributed by atoms with Gasteiger partial charge in [0.25, 0.3) is 0 Å². The van der Waals surface area contributed by atoms with Crippen LogP contribution in [0.5, 0.6) is 0 Å². The Bertz CT molecular complexity index is 1580. The van der Waals surface area contributed by atoms with Crippen molar-refractivity contribution in [3.8, 4) is 22.8 Å². The second-order valence-electron chi connectivity index (χ2n) is 10.7. The molecule has 0 bridgehead atoms. The normalized spacial score (nSPS) is 27.3. The topological polar surface area (TPSA) is 171 Å². The molecule has 0 aliphatic carbocycles. The van der Waals surface area contributed by atoms with Crippen LogP contribution in [0.4, 0.5) is 5.82 Å². The van der Waals surface area contributed by atoms with Crippen molar-refractivity contribution in [2.75, 3.05) is 18.5 Å². The Labute approximate surface area is 228 Å². The number of aromatic nitrogens is 7. The number of H-pyrrole nitrogens is 1. The molecule has 14 heteroatoms. The maximum atomic E-state index is 12.0. The summed E-state index contributed by atoms with van der Waals surface area (Å²) in [5, 5.41) is 24.6. The first-order valence-electron chi connectivity index (χ1n) is 13.1. The summed E-state index contributed by atoms with van der Waals surface area (Å²) < 4.78 is 25.2. The van der Waals surface area contributed by atoms with E-state index in [0.717, 1.165) is 17.5 Å². The van der Waals surface area contributed by atoms with Crippen molar-refractivity contribution < 1.29 is 28.8 Å². The van der Waals surface area contributed by atoms with Gasteiger partial charge in [-0.05, 0) is 27.2 Å². The van der Waals surface area contributed by atoms with Crippen LogP contribution < -0.4 is 5.32 Å². The highest BCUT2D eigenvalue weighted by molar-refractivity contribution is 5.86. The van der Waals surface area contributed by atoms with E-state index < -0.39 is 36.3 Å². The molecule has 3 aliphatic heterocycles. The molecule has 0 amide bonds. The first-order chi connectivity index (χ1) is 19.3. The minimum absolute atomic E-state index is 0.0448. The Morgan fingerprint density at radius 2 is 1.98 bits per heavy atom. The van der Waals surface area contributed by atoms with Gasteiger partial charge in [-0.2, -0.15) is 0 Å². The van der Waals surface area contributed by atoms with Gasteiger partial charge in [0, 0.05) is 12.2 Å². The standard InChI is InChI=1S/C26H28N8O6/c1-12-4-6-13(7-5-12)15-16(32-33-31-15)21-29-22(28-14-8-9-37-10-14)17-23(30-21)34(11-27-17)24-19-18(20(38-24)25(35)36)39-26(2,3)40-19/h4-7,11,14,18-20,24H,8-10H2,1-3H3,(H,35,36)(H,28,29,30)(H,31,32,33)/t14?,18-,19-,20+,24-/m1/s1. The second-order valence-corrected chi connectivity index (χ2v) is 10.7. The van der Waals surface area contributed by atoms with Gasteiger partial charge in [-0.25, -0.2) is 19.7 Å². The highest BCUT2D eigenvalue weighted by atomic mass is 16.8. The van der Waals surface area contributed by atoms with E-state index >= 15 is 0 Å². The summed E-state index contributed by atoms with van der Waals surface area (Å²) in [5.41, 5.74) is 4.03. The first kappa shape index (κ1) is 25.0. The molecule has 6 heterocycles. The Kier molecular flexibility index (Phi) is 5.82. The monoisotopic (exact) mass is 548 g/mol. The van der Waals surface area contributed by atoms with E-state index in [-0.39, 0.29) is 6.04 Å². The summed E-state index contributed by atoms with van der Waals surface area (Å²) >= 11 is 0. The van der Waals surface area contributed by atoms with Crippen LogP contribution in [0.1, 0.15) is 32.1 Å². The summed E-state index contributed by atoms with van der Waals surface area (Å²) in [6, 6.07) is 7.97. The summed E-state index contributed by atoms with van der Waals surface area (Å²) in [4.78, 5) is 26.3. The number of carboxylic acid groups (broad SMARTS) is 1. The van der Waals surface area contributed by atoms with Crippen LogP contribution >= 0.6 is 0 Å². The third-order valence-electron chi connectivity index (χ3n) is 7.34. The van der Waals surface area contributed by atoms with E-state index in [2.05, 4.69) is 25.7 Å². The van der Waals surface area contributed by atoms with E-state index in [4.69, 9.17) is 28.9 Å². The predicted molar refractivity (Wildman–Crippen MR) is 139 cm³/mol. The number of imidazole rings is 1. The lowest BCUT2D eigenvalue weighted by atomic mass is 10.1. The molecule has 208 valence electrons. The van der Waals surface area contributed by atoms with Crippen molar-refractivity contribution in [3.63, 3.8) is 0 Å². The number of nitrogens with zero attached hydrogens (tertiary/aromatic N) is 6. The lowest BCUT2D eigenvalue weighted by Crippen LogP contribution is -2.35. The van der Waals surface area contributed by atoms with Crippen molar-refractivity contribution in [2.24, 2.45) is 0 Å². The molecule has 3 aromatic heterocycles. The molecule has 40 heavy (non-hydrogen) atoms. The molecule has 0 radical (unpaired) electrons. The van der Waals surface area contributed by atoms with Gasteiger partial charge in [0.2, 0.25) is 0 Å². The summed E-state index contributed by atoms with van der Waals surface area (Å²) in [7, 11) is 0. The third-order valence-corrected chi connectivity index (χ3v) is 7.34. The number of hydrogen-bond acceptors (Lipinski definition) is 11. The molecule has 3 fully saturated rings. The quantitative estimate of drug-likeness (QED) is 0.321. The predicted octanol–water partition coefficient (Wildman–Crippen LogP) is 2.29. The second kappa shape index (κ2) is 9.30. The minimum atomic E-state index is -1.21. The lowest BCUT2D eigenvalue weighted by Gasteiger charge is -2.23. The van der Waals surface area contributed by atoms with Gasteiger partial charge in [-0.1, -0.05) is 35.0 Å². The number of aliphatic carboxylic acids is 1. The fourth-order valence-electron chi connectivity index (χ4n) is 5.45. The Morgan fingerprint density at radius 3 is 2.73 bits per heavy atom. The van der Waals surface area contributed by atoms with Crippen LogP contribution in [0.3, 0.4) is 0 Å². The molecule has 3 aliphatic rings. The number of aryl methyl sites for hydroxylation is 1. The van der Waals surface area contributed by atoms with Crippen molar-refractivity contribution >= 4 is 23.0 Å². The van der Waals surface area contributed by atoms with Crippen LogP contribution in [-0.2, 0) is 23.7 Å². The average molecular weight is 549 g/mol. The highest BCUT2D eigenvalue weighted by Gasteiger charge is 2.58. The first-order valence-corrected chi connectivity index (χ1v) is 13.1. The van der Waals surface area contributed by atoms with Crippen LogP contribution in [-0.4, -0.2) is 89.4 Å². The number of fused-ring (bicyclic) bond motifs is 2. The Balaban J connectivity index is 1.36. The van der Waals surface area contributed by atoms with Gasteiger partial charge in [0.15, 0.2) is 40.9 Å². The van der Waals surface area contributed by atoms with Gasteiger partial charge in [-0.3, -0.25) is 9.67 Å². The van der Waals surface area contributed by atoms with E-state index in [0.29, 0.717) is 47.4 Å². The molecule has 4 aromatic rings. The Morgan fingerprint density at radius 1 is 1.18 bits per heavy atom. The lowest BCUT2D eigenvalue weighted by molar-refractivity contribution is -0.202. The number of aromatic amines is 1. The third kappa shape index (κ3) is 4.20. The van der Waals surface area contributed by atoms with Crippen LogP contribution in [0.25, 0.3) is 33.9 Å². The minimum Gasteiger partial charge on any atom is -0.479 e. The van der Waals surface area contributed by atoms with E-state index in [1.807, 2.05) is 31.2 Å². The molecule has 5 atom stereocenters. The van der Waals surface area contributed by atoms with Crippen molar-refractivity contribution in [2.45, 2.75) is 63.6 Å². The smallest absolute Gasteiger partial charge is 0.335 e. The van der Waals surface area contributed by atoms with E-state index in [1.54, 1.807) is 24.7 Å². The maximum absolute atomic E-state index is 12.0. The van der Waals surface area contributed by atoms with Crippen molar-refractivity contribution in [3.05, 3.63) is 36.2 Å². The zero-order valence-corrected chi connectivity index (χ0v) is 22.1. The number of benzene rings is 1. The van der Waals surface area contributed by atoms with Gasteiger partial charge in [0.1, 0.15) is 23.6 Å². The fourth-order valence-corrected chi connectivity index (χ4v) is 5.45. The van der Waals surface area contributed by atoms with Crippen LogP contribution in [0.15, 0.2) is 30.6 Å². The van der Waals surface area contributed by atoms with Gasteiger partial charge in [-0.15, -0.1) is 5.10 Å². The summed E-state index contributed by atoms with van der Waals surface area (Å²) in [6.07, 6.45) is -1.17. The van der Waals surface area contributed by atoms with Gasteiger partial charge in [0.05, 0.1) is 19.0 Å². The molecule has 7 rings (SSSR count). The molecule has 3 saturated heterocycles. The number of ether oxygens (including phenoxy) is 4. The molecule has 0 saturated carbocycles. The molecule has 1 unspecified atom stereocenters. The zero-order valence-electron chi connectivity index (χ0n) is 22.1. The molecule has 3 N–H and O–H groups in total. The number of carboxylic acids is 1. The van der Waals surface area contributed by atoms with Crippen LogP contribution in [0.2, 0.25) is 0 Å². The average Bonchev–Trinajstić information content (AvgIpc) is 3.73. The molecular weight excluding hydrogens is 520 g/mol. The number of nitrogens with one attached hydrogen (secondary N) is 2. The number of rotatable bonds is 6. The zero-order chi connectivity index (χ0) is 27.6. The van der Waals surface area contributed by atoms with E-state index in [9.17, 15) is 9.90 Å². The van der Waals surface area contributed by atoms with Gasteiger partial charge < -0.3 is 29.4 Å². The van der Waals surface area contributed by atoms with E-state index in [1.165, 1.54) is 0 Å². The van der Waals surface area contributed by atoms with Crippen molar-refractivity contribution in [1.82, 2.24) is 34.9 Å². The summed E-state index contributed by atoms with van der Waals surface area (Å²) in [6.45, 7) is 6.70. The Hall–Kier alpha value is -3.98. The highest BCUT2D eigenvalue weighted by Crippen LogP contribution is 2.44. The largest absolute Gasteiger partial charge is 0.479 e. The maximum Gasteiger partial charge on any atom is 0.335 e. The van der Waals surface area contributed by atoms with Crippen LogP contribution in [0, 0.1) is 6.92 Å². The fraction of sp³-hybridized carbons (Fsp3) is 0.462. The molecular formula is C26H28N8O6. The molecule has 0 spiro atoms.